The van der Waals surface area contributed by atoms with Crippen molar-refractivity contribution < 1.29 is 9.53 Å². The number of Topliss-reactive ketones (excluding diaryl/α,β-unsaturated/α-hetero) is 1. The van der Waals surface area contributed by atoms with Gasteiger partial charge in [0.1, 0.15) is 5.69 Å². The van der Waals surface area contributed by atoms with Gasteiger partial charge in [0.05, 0.1) is 13.3 Å². The van der Waals surface area contributed by atoms with Crippen LogP contribution in [0.3, 0.4) is 0 Å². The number of ether oxygens (including phenoxy) is 1. The molecule has 2 N–H and O–H groups in total. The van der Waals surface area contributed by atoms with E-state index in [-0.39, 0.29) is 5.78 Å². The van der Waals surface area contributed by atoms with Crippen molar-refractivity contribution in [2.75, 3.05) is 13.7 Å². The molecule has 5 nitrogen and oxygen atoms in total. The Morgan fingerprint density at radius 3 is 2.76 bits per heavy atom. The Bertz CT molecular complexity index is 419. The van der Waals surface area contributed by atoms with E-state index in [2.05, 4.69) is 5.10 Å². The van der Waals surface area contributed by atoms with Crippen molar-refractivity contribution in [1.29, 1.82) is 0 Å². The zero-order chi connectivity index (χ0) is 12.5. The summed E-state index contributed by atoms with van der Waals surface area (Å²) < 4.78 is 6.77. The van der Waals surface area contributed by atoms with Crippen molar-refractivity contribution in [2.45, 2.75) is 25.7 Å². The summed E-state index contributed by atoms with van der Waals surface area (Å²) in [4.78, 5) is 12.6. The molecule has 0 bridgehead atoms. The van der Waals surface area contributed by atoms with Crippen LogP contribution in [0.4, 0.5) is 0 Å². The maximum Gasteiger partial charge on any atom is 0.192 e. The van der Waals surface area contributed by atoms with Gasteiger partial charge >= 0.3 is 0 Å². The van der Waals surface area contributed by atoms with Gasteiger partial charge in [0.15, 0.2) is 11.5 Å². The van der Waals surface area contributed by atoms with E-state index < -0.39 is 5.41 Å². The van der Waals surface area contributed by atoms with Crippen LogP contribution < -0.4 is 10.5 Å². The van der Waals surface area contributed by atoms with Crippen LogP contribution in [0.5, 0.6) is 5.75 Å². The van der Waals surface area contributed by atoms with Crippen LogP contribution in [0, 0.1) is 5.41 Å². The summed E-state index contributed by atoms with van der Waals surface area (Å²) in [5.74, 6) is 0.617. The molecule has 1 aliphatic carbocycles. The highest BCUT2D eigenvalue weighted by atomic mass is 16.5. The molecule has 5 heteroatoms. The number of rotatable bonds is 4. The largest absolute Gasteiger partial charge is 0.493 e. The average Bonchev–Trinajstić information content (AvgIpc) is 2.95. The van der Waals surface area contributed by atoms with Crippen LogP contribution in [0.25, 0.3) is 0 Å². The van der Waals surface area contributed by atoms with Crippen molar-refractivity contribution in [1.82, 2.24) is 9.78 Å². The van der Waals surface area contributed by atoms with Crippen molar-refractivity contribution in [3.63, 3.8) is 0 Å². The second-order valence-corrected chi connectivity index (χ2v) is 4.71. The minimum atomic E-state index is -0.402. The topological polar surface area (TPSA) is 70.1 Å². The van der Waals surface area contributed by atoms with Gasteiger partial charge in [-0.15, -0.1) is 0 Å². The monoisotopic (exact) mass is 237 g/mol. The summed E-state index contributed by atoms with van der Waals surface area (Å²) in [5.41, 5.74) is 5.97. The highest BCUT2D eigenvalue weighted by Crippen LogP contribution is 2.41. The van der Waals surface area contributed by atoms with Gasteiger partial charge in [-0.05, 0) is 12.8 Å². The predicted octanol–water partition coefficient (Wildman–Crippen LogP) is 1.13. The molecule has 0 saturated heterocycles. The van der Waals surface area contributed by atoms with Crippen LogP contribution >= 0.6 is 0 Å². The minimum absolute atomic E-state index is 0.0781. The standard InChI is InChI=1S/C12H19N3O2/c1-15-10(9(17-2)7-14-15)11(16)12(8-13)5-3-4-6-12/h7H,3-6,8,13H2,1-2H3. The molecular formula is C12H19N3O2. The van der Waals surface area contributed by atoms with E-state index >= 15 is 0 Å². The lowest BCUT2D eigenvalue weighted by Crippen LogP contribution is -2.37. The number of nitrogens with zero attached hydrogens (tertiary/aromatic N) is 2. The maximum atomic E-state index is 12.6. The molecule has 17 heavy (non-hydrogen) atoms. The maximum absolute atomic E-state index is 12.6. The quantitative estimate of drug-likeness (QED) is 0.797. The second kappa shape index (κ2) is 4.49. The molecule has 0 amide bonds. The molecular weight excluding hydrogens is 218 g/mol. The summed E-state index contributed by atoms with van der Waals surface area (Å²) in [6.07, 6.45) is 5.46. The summed E-state index contributed by atoms with van der Waals surface area (Å²) in [5, 5.41) is 4.08. The number of carbonyl (C=O) groups is 1. The molecule has 0 radical (unpaired) electrons. The first kappa shape index (κ1) is 12.1. The Kier molecular flexibility index (Phi) is 3.19. The van der Waals surface area contributed by atoms with Gasteiger partial charge in [-0.3, -0.25) is 9.48 Å². The Morgan fingerprint density at radius 1 is 1.59 bits per heavy atom. The van der Waals surface area contributed by atoms with Gasteiger partial charge in [-0.1, -0.05) is 12.8 Å². The number of aryl methyl sites for hydroxylation is 1. The Morgan fingerprint density at radius 2 is 2.24 bits per heavy atom. The molecule has 94 valence electrons. The Labute approximate surface area is 101 Å². The number of hydrogen-bond acceptors (Lipinski definition) is 4. The Balaban J connectivity index is 2.38. The zero-order valence-electron chi connectivity index (χ0n) is 10.4. The van der Waals surface area contributed by atoms with E-state index in [0.29, 0.717) is 18.0 Å². The number of aromatic nitrogens is 2. The average molecular weight is 237 g/mol. The van der Waals surface area contributed by atoms with Gasteiger partial charge in [0.2, 0.25) is 0 Å². The first-order valence-electron chi connectivity index (χ1n) is 5.95. The summed E-state index contributed by atoms with van der Waals surface area (Å²) in [7, 11) is 3.31. The molecule has 1 fully saturated rings. The van der Waals surface area contributed by atoms with Crippen molar-refractivity contribution >= 4 is 5.78 Å². The van der Waals surface area contributed by atoms with E-state index in [1.54, 1.807) is 25.0 Å². The van der Waals surface area contributed by atoms with Gasteiger partial charge in [0, 0.05) is 19.0 Å². The van der Waals surface area contributed by atoms with Gasteiger partial charge in [-0.2, -0.15) is 5.10 Å². The smallest absolute Gasteiger partial charge is 0.192 e. The summed E-state index contributed by atoms with van der Waals surface area (Å²) >= 11 is 0. The lowest BCUT2D eigenvalue weighted by molar-refractivity contribution is 0.0796. The number of carbonyl (C=O) groups excluding carboxylic acids is 1. The highest BCUT2D eigenvalue weighted by Gasteiger charge is 2.42. The third kappa shape index (κ3) is 1.84. The van der Waals surface area contributed by atoms with Crippen molar-refractivity contribution in [3.05, 3.63) is 11.9 Å². The van der Waals surface area contributed by atoms with E-state index in [9.17, 15) is 4.79 Å². The number of hydrogen-bond donors (Lipinski definition) is 1. The Hall–Kier alpha value is -1.36. The zero-order valence-corrected chi connectivity index (χ0v) is 10.4. The number of methoxy groups -OCH3 is 1. The van der Waals surface area contributed by atoms with Crippen molar-refractivity contribution in [3.8, 4) is 5.75 Å². The van der Waals surface area contributed by atoms with Gasteiger partial charge in [0.25, 0.3) is 0 Å². The van der Waals surface area contributed by atoms with Gasteiger partial charge < -0.3 is 10.5 Å². The molecule has 1 aromatic rings. The predicted molar refractivity (Wildman–Crippen MR) is 64.0 cm³/mol. The van der Waals surface area contributed by atoms with Crippen LogP contribution in [-0.2, 0) is 7.05 Å². The van der Waals surface area contributed by atoms with Crippen LogP contribution in [0.15, 0.2) is 6.20 Å². The third-order valence-electron chi connectivity index (χ3n) is 3.77. The fraction of sp³-hybridized carbons (Fsp3) is 0.667. The molecule has 0 spiro atoms. The first-order valence-corrected chi connectivity index (χ1v) is 5.95. The van der Waals surface area contributed by atoms with Gasteiger partial charge in [-0.25, -0.2) is 0 Å². The van der Waals surface area contributed by atoms with E-state index in [4.69, 9.17) is 10.5 Å². The molecule has 1 saturated carbocycles. The summed E-state index contributed by atoms with van der Waals surface area (Å²) in [6.45, 7) is 0.403. The molecule has 1 aromatic heterocycles. The lowest BCUT2D eigenvalue weighted by Gasteiger charge is -2.25. The number of nitrogens with two attached hydrogens (primary N) is 1. The van der Waals surface area contributed by atoms with Crippen LogP contribution in [0.2, 0.25) is 0 Å². The van der Waals surface area contributed by atoms with Crippen LogP contribution in [0.1, 0.15) is 36.2 Å². The fourth-order valence-corrected chi connectivity index (χ4v) is 2.65. The SMILES string of the molecule is COc1cnn(C)c1C(=O)C1(CN)CCCC1. The minimum Gasteiger partial charge on any atom is -0.493 e. The van der Waals surface area contributed by atoms with E-state index in [1.807, 2.05) is 0 Å². The van der Waals surface area contributed by atoms with Crippen molar-refractivity contribution in [2.24, 2.45) is 18.2 Å². The lowest BCUT2D eigenvalue weighted by atomic mass is 9.80. The highest BCUT2D eigenvalue weighted by molar-refractivity contribution is 6.01. The summed E-state index contributed by atoms with van der Waals surface area (Å²) in [6, 6.07) is 0. The first-order chi connectivity index (χ1) is 8.14. The molecule has 0 atom stereocenters. The van der Waals surface area contributed by atoms with Crippen LogP contribution in [-0.4, -0.2) is 29.2 Å². The number of ketones is 1. The normalized spacial score (nSPS) is 18.3. The molecule has 0 unspecified atom stereocenters. The fourth-order valence-electron chi connectivity index (χ4n) is 2.65. The molecule has 0 aromatic carbocycles. The molecule has 0 aliphatic heterocycles. The molecule has 1 aliphatic rings. The molecule has 1 heterocycles. The van der Waals surface area contributed by atoms with E-state index in [1.165, 1.54) is 0 Å². The van der Waals surface area contributed by atoms with E-state index in [0.717, 1.165) is 25.7 Å². The second-order valence-electron chi connectivity index (χ2n) is 4.71. The molecule has 2 rings (SSSR count). The third-order valence-corrected chi connectivity index (χ3v) is 3.77.